The van der Waals surface area contributed by atoms with E-state index in [1.54, 1.807) is 0 Å². The van der Waals surface area contributed by atoms with Crippen LogP contribution in [-0.4, -0.2) is 0 Å². The molecular formula is C23H27Zr-. The molecule has 0 nitrogen and oxygen atoms in total. The third-order valence-corrected chi connectivity index (χ3v) is 4.43. The zero-order chi connectivity index (χ0) is 16.8. The van der Waals surface area contributed by atoms with Crippen molar-refractivity contribution in [3.63, 3.8) is 0 Å². The van der Waals surface area contributed by atoms with Crippen LogP contribution in [0, 0.1) is 12.3 Å². The Hall–Kier alpha value is -1.33. The topological polar surface area (TPSA) is 0 Å². The Labute approximate surface area is 166 Å². The molecule has 3 rings (SSSR count). The van der Waals surface area contributed by atoms with Crippen molar-refractivity contribution in [1.82, 2.24) is 0 Å². The number of hydrogen-bond donors (Lipinski definition) is 0. The van der Waals surface area contributed by atoms with Crippen LogP contribution in [0.3, 0.4) is 0 Å². The Morgan fingerprint density at radius 3 is 2.17 bits per heavy atom. The van der Waals surface area contributed by atoms with E-state index in [1.165, 1.54) is 35.1 Å². The van der Waals surface area contributed by atoms with Crippen molar-refractivity contribution in [3.8, 4) is 11.1 Å². The van der Waals surface area contributed by atoms with Crippen LogP contribution in [0.4, 0.5) is 0 Å². The van der Waals surface area contributed by atoms with E-state index >= 15 is 0 Å². The summed E-state index contributed by atoms with van der Waals surface area (Å²) in [6, 6.07) is 17.4. The quantitative estimate of drug-likeness (QED) is 0.405. The van der Waals surface area contributed by atoms with Crippen LogP contribution in [-0.2, 0) is 32.6 Å². The van der Waals surface area contributed by atoms with Gasteiger partial charge in [-0.2, -0.15) is 18.1 Å². The number of allylic oxidation sites excluding steroid dienone is 2. The molecule has 0 saturated carbocycles. The molecule has 0 bridgehead atoms. The third-order valence-electron chi connectivity index (χ3n) is 4.43. The van der Waals surface area contributed by atoms with Gasteiger partial charge >= 0.3 is 0 Å². The average molecular weight is 395 g/mol. The summed E-state index contributed by atoms with van der Waals surface area (Å²) in [7, 11) is 0. The Balaban J connectivity index is 0.000000359. The molecule has 2 aromatic rings. The van der Waals surface area contributed by atoms with Gasteiger partial charge in [0.15, 0.2) is 0 Å². The summed E-state index contributed by atoms with van der Waals surface area (Å²) in [5.74, 6) is 0.731. The second-order valence-corrected chi connectivity index (χ2v) is 6.34. The number of fused-ring (bicyclic) bond motifs is 1. The predicted octanol–water partition coefficient (Wildman–Crippen LogP) is 6.62. The molecule has 1 unspecified atom stereocenters. The van der Waals surface area contributed by atoms with Gasteiger partial charge in [0.05, 0.1) is 0 Å². The summed E-state index contributed by atoms with van der Waals surface area (Å²) in [6.45, 7) is 13.5. The first kappa shape index (κ1) is 20.7. The van der Waals surface area contributed by atoms with Crippen molar-refractivity contribution in [2.75, 3.05) is 0 Å². The summed E-state index contributed by atoms with van der Waals surface area (Å²) in [6.07, 6.45) is 4.88. The van der Waals surface area contributed by atoms with Gasteiger partial charge in [0.2, 0.25) is 0 Å². The van der Waals surface area contributed by atoms with Crippen molar-refractivity contribution in [1.29, 1.82) is 0 Å². The smallest absolute Gasteiger partial charge is 0 e. The van der Waals surface area contributed by atoms with Gasteiger partial charge in [-0.15, -0.1) is 11.6 Å². The second kappa shape index (κ2) is 9.85. The van der Waals surface area contributed by atoms with Crippen molar-refractivity contribution >= 4 is 0 Å². The van der Waals surface area contributed by atoms with Crippen molar-refractivity contribution in [3.05, 3.63) is 90.4 Å². The normalized spacial score (nSPS) is 14.4. The molecule has 1 heteroatoms. The van der Waals surface area contributed by atoms with Crippen LogP contribution in [0.25, 0.3) is 11.1 Å². The van der Waals surface area contributed by atoms with E-state index in [1.807, 2.05) is 13.8 Å². The molecule has 0 amide bonds. The van der Waals surface area contributed by atoms with E-state index in [2.05, 4.69) is 75.0 Å². The van der Waals surface area contributed by atoms with Crippen LogP contribution in [0.1, 0.15) is 38.3 Å². The monoisotopic (exact) mass is 393 g/mol. The fourth-order valence-electron chi connectivity index (χ4n) is 2.71. The molecule has 0 heterocycles. The first-order valence-electron chi connectivity index (χ1n) is 8.36. The molecule has 124 valence electrons. The van der Waals surface area contributed by atoms with Crippen LogP contribution >= 0.6 is 0 Å². The minimum absolute atomic E-state index is 0. The molecule has 24 heavy (non-hydrogen) atoms. The molecular weight excluding hydrogens is 367 g/mol. The number of rotatable bonds is 3. The minimum Gasteiger partial charge on any atom is -0.188 e. The predicted molar refractivity (Wildman–Crippen MR) is 102 cm³/mol. The van der Waals surface area contributed by atoms with Gasteiger partial charge in [0, 0.05) is 26.2 Å². The van der Waals surface area contributed by atoms with Crippen molar-refractivity contribution in [2.45, 2.75) is 33.6 Å². The maximum absolute atomic E-state index is 3.66. The maximum Gasteiger partial charge on any atom is 0 e. The maximum atomic E-state index is 3.66. The zero-order valence-electron chi connectivity index (χ0n) is 15.1. The molecule has 1 aliphatic carbocycles. The van der Waals surface area contributed by atoms with Gasteiger partial charge < -0.3 is 0 Å². The molecule has 0 fully saturated rings. The van der Waals surface area contributed by atoms with Gasteiger partial charge in [0.25, 0.3) is 0 Å². The summed E-state index contributed by atoms with van der Waals surface area (Å²) < 4.78 is 0. The van der Waals surface area contributed by atoms with E-state index in [4.69, 9.17) is 0 Å². The summed E-state index contributed by atoms with van der Waals surface area (Å²) in [4.78, 5) is 0. The molecule has 0 N–H and O–H groups in total. The molecule has 1 atom stereocenters. The van der Waals surface area contributed by atoms with Gasteiger partial charge in [0.1, 0.15) is 0 Å². The molecule has 2 aromatic carbocycles. The fraction of sp³-hybridized carbons (Fsp3) is 0.261. The van der Waals surface area contributed by atoms with E-state index in [9.17, 15) is 0 Å². The number of benzene rings is 2. The Morgan fingerprint density at radius 1 is 1.00 bits per heavy atom. The third kappa shape index (κ3) is 5.35. The fourth-order valence-corrected chi connectivity index (χ4v) is 2.71. The van der Waals surface area contributed by atoms with Crippen LogP contribution < -0.4 is 0 Å². The van der Waals surface area contributed by atoms with Gasteiger partial charge in [-0.1, -0.05) is 91.9 Å². The van der Waals surface area contributed by atoms with Crippen LogP contribution in [0.5, 0.6) is 0 Å². The first-order chi connectivity index (χ1) is 11.0. The molecule has 0 saturated heterocycles. The van der Waals surface area contributed by atoms with Gasteiger partial charge in [-0.25, -0.2) is 0 Å². The van der Waals surface area contributed by atoms with Crippen LogP contribution in [0.2, 0.25) is 0 Å². The molecule has 0 radical (unpaired) electrons. The average Bonchev–Trinajstić information content (AvgIpc) is 2.99. The van der Waals surface area contributed by atoms with E-state index in [0.29, 0.717) is 0 Å². The molecule has 0 aliphatic heterocycles. The first-order valence-corrected chi connectivity index (χ1v) is 8.36. The minimum atomic E-state index is 0. The Kier molecular flexibility index (Phi) is 8.50. The van der Waals surface area contributed by atoms with E-state index in [-0.39, 0.29) is 26.2 Å². The summed E-state index contributed by atoms with van der Waals surface area (Å²) in [5.41, 5.74) is 7.86. The van der Waals surface area contributed by atoms with Gasteiger partial charge in [-0.3, -0.25) is 0 Å². The Morgan fingerprint density at radius 2 is 1.62 bits per heavy atom. The van der Waals surface area contributed by atoms with Gasteiger partial charge in [-0.05, 0) is 19.4 Å². The van der Waals surface area contributed by atoms with E-state index in [0.717, 1.165) is 17.1 Å². The molecule has 0 aromatic heterocycles. The van der Waals surface area contributed by atoms with Crippen molar-refractivity contribution < 1.29 is 26.2 Å². The SMILES string of the molecule is C=C(C)C(=C)C.CCC1[CH-]c2cccc(-c3ccccc3)c2C1.[Zr]. The second-order valence-electron chi connectivity index (χ2n) is 6.34. The molecule has 1 aliphatic rings. The van der Waals surface area contributed by atoms with Crippen LogP contribution in [0.15, 0.2) is 72.8 Å². The summed E-state index contributed by atoms with van der Waals surface area (Å²) in [5, 5.41) is 0. The Bertz CT molecular complexity index is 670. The van der Waals surface area contributed by atoms with E-state index < -0.39 is 0 Å². The summed E-state index contributed by atoms with van der Waals surface area (Å²) >= 11 is 0. The molecule has 0 spiro atoms. The largest absolute Gasteiger partial charge is 0.188 e. The zero-order valence-corrected chi connectivity index (χ0v) is 17.6. The standard InChI is InChI=1S/C17H17.C6H10.Zr/c1-2-13-11-15-9-6-10-16(17(15)12-13)14-7-4-3-5-8-14;1-5(2)6(3)4;/h3-11,13H,2,12H2,1H3;1,3H2,2,4H3;/q-1;;. The number of hydrogen-bond acceptors (Lipinski definition) is 0. The van der Waals surface area contributed by atoms with Crippen molar-refractivity contribution in [2.24, 2.45) is 5.92 Å².